The molecule has 0 saturated carbocycles. The van der Waals surface area contributed by atoms with Crippen LogP contribution in [-0.2, 0) is 4.79 Å². The van der Waals surface area contributed by atoms with E-state index in [1.54, 1.807) is 30.3 Å². The first-order chi connectivity index (χ1) is 17.6. The van der Waals surface area contributed by atoms with E-state index >= 15 is 0 Å². The third-order valence-electron chi connectivity index (χ3n) is 6.27. The number of carbonyl (C=O) groups excluding carboxylic acids is 2. The Kier molecular flexibility index (Phi) is 9.25. The van der Waals surface area contributed by atoms with Crippen molar-refractivity contribution in [2.75, 3.05) is 18.9 Å². The van der Waals surface area contributed by atoms with Crippen molar-refractivity contribution >= 4 is 17.5 Å². The van der Waals surface area contributed by atoms with Crippen LogP contribution in [0.4, 0.5) is 5.82 Å². The van der Waals surface area contributed by atoms with Crippen LogP contribution < -0.4 is 27.1 Å². The molecule has 196 valence electrons. The van der Waals surface area contributed by atoms with Crippen molar-refractivity contribution in [2.45, 2.75) is 46.6 Å². The minimum Gasteiger partial charge on any atom is -0.494 e. The fourth-order valence-electron chi connectivity index (χ4n) is 4.05. The number of amides is 1. The molecular formula is C29H36N4O4. The van der Waals surface area contributed by atoms with E-state index in [9.17, 15) is 14.4 Å². The van der Waals surface area contributed by atoms with Gasteiger partial charge in [-0.3, -0.25) is 19.0 Å². The standard InChI is InChI=1S/C29H36N4O4/c1-18(2)16-25(29(31)36)32-14-5-15-37-23-10-8-22(9-11-23)33-26(34)13-12-24(28(33)30)27(35)21-7-6-19(3)20(4)17-21/h6-13,17-18,25,32H,5,14-16,30H2,1-4H3,(H2,31,36)/t25-/m0/s1. The summed E-state index contributed by atoms with van der Waals surface area (Å²) >= 11 is 0. The van der Waals surface area contributed by atoms with Gasteiger partial charge in [0.2, 0.25) is 5.91 Å². The summed E-state index contributed by atoms with van der Waals surface area (Å²) in [6.07, 6.45) is 1.39. The van der Waals surface area contributed by atoms with Crippen LogP contribution in [0.25, 0.3) is 5.69 Å². The van der Waals surface area contributed by atoms with Crippen molar-refractivity contribution < 1.29 is 14.3 Å². The van der Waals surface area contributed by atoms with Crippen LogP contribution in [0.15, 0.2) is 59.4 Å². The van der Waals surface area contributed by atoms with Crippen molar-refractivity contribution in [3.05, 3.63) is 87.2 Å². The smallest absolute Gasteiger partial charge is 0.256 e. The molecule has 0 aliphatic heterocycles. The second-order valence-corrected chi connectivity index (χ2v) is 9.67. The largest absolute Gasteiger partial charge is 0.494 e. The van der Waals surface area contributed by atoms with Gasteiger partial charge in [0.1, 0.15) is 11.6 Å². The highest BCUT2D eigenvalue weighted by Gasteiger charge is 2.18. The zero-order chi connectivity index (χ0) is 27.1. The van der Waals surface area contributed by atoms with E-state index in [4.69, 9.17) is 16.2 Å². The normalized spacial score (nSPS) is 11.9. The maximum atomic E-state index is 13.1. The van der Waals surface area contributed by atoms with Gasteiger partial charge in [0.25, 0.3) is 5.56 Å². The average molecular weight is 505 g/mol. The van der Waals surface area contributed by atoms with Gasteiger partial charge in [-0.05, 0) is 86.7 Å². The van der Waals surface area contributed by atoms with Crippen LogP contribution in [-0.4, -0.2) is 35.5 Å². The molecule has 1 atom stereocenters. The van der Waals surface area contributed by atoms with Gasteiger partial charge in [0.15, 0.2) is 5.78 Å². The van der Waals surface area contributed by atoms with Gasteiger partial charge in [-0.15, -0.1) is 0 Å². The Balaban J connectivity index is 1.66. The lowest BCUT2D eigenvalue weighted by Crippen LogP contribution is -2.42. The van der Waals surface area contributed by atoms with Gasteiger partial charge in [-0.1, -0.05) is 26.0 Å². The number of hydrogen-bond donors (Lipinski definition) is 3. The summed E-state index contributed by atoms with van der Waals surface area (Å²) < 4.78 is 7.11. The van der Waals surface area contributed by atoms with Crippen LogP contribution in [0.1, 0.15) is 53.7 Å². The lowest BCUT2D eigenvalue weighted by molar-refractivity contribution is -0.120. The Bertz CT molecular complexity index is 1310. The van der Waals surface area contributed by atoms with E-state index in [2.05, 4.69) is 5.32 Å². The zero-order valence-corrected chi connectivity index (χ0v) is 21.9. The maximum absolute atomic E-state index is 13.1. The van der Waals surface area contributed by atoms with Gasteiger partial charge in [-0.25, -0.2) is 0 Å². The summed E-state index contributed by atoms with van der Waals surface area (Å²) in [4.78, 5) is 37.3. The number of nitrogen functional groups attached to an aromatic ring is 1. The topological polar surface area (TPSA) is 129 Å². The first-order valence-electron chi connectivity index (χ1n) is 12.5. The van der Waals surface area contributed by atoms with Crippen molar-refractivity contribution in [1.29, 1.82) is 0 Å². The number of benzene rings is 2. The van der Waals surface area contributed by atoms with Crippen LogP contribution in [0.5, 0.6) is 5.75 Å². The molecule has 3 aromatic rings. The molecule has 0 unspecified atom stereocenters. The number of ketones is 1. The van der Waals surface area contributed by atoms with Crippen molar-refractivity contribution in [3.8, 4) is 11.4 Å². The molecule has 1 heterocycles. The fourth-order valence-corrected chi connectivity index (χ4v) is 4.05. The van der Waals surface area contributed by atoms with E-state index in [1.807, 2.05) is 39.8 Å². The molecule has 1 amide bonds. The highest BCUT2D eigenvalue weighted by atomic mass is 16.5. The second-order valence-electron chi connectivity index (χ2n) is 9.67. The van der Waals surface area contributed by atoms with Crippen LogP contribution in [0, 0.1) is 19.8 Å². The van der Waals surface area contributed by atoms with Gasteiger partial charge < -0.3 is 21.5 Å². The first kappa shape index (κ1) is 27.7. The highest BCUT2D eigenvalue weighted by molar-refractivity contribution is 6.11. The number of primary amides is 1. The minimum atomic E-state index is -0.348. The van der Waals surface area contributed by atoms with Crippen LogP contribution >= 0.6 is 0 Å². The predicted molar refractivity (Wildman–Crippen MR) is 146 cm³/mol. The molecule has 0 aliphatic carbocycles. The number of ether oxygens (including phenoxy) is 1. The van der Waals surface area contributed by atoms with Crippen LogP contribution in [0.2, 0.25) is 0 Å². The number of hydrogen-bond acceptors (Lipinski definition) is 6. The van der Waals surface area contributed by atoms with E-state index < -0.39 is 0 Å². The van der Waals surface area contributed by atoms with Crippen molar-refractivity contribution in [1.82, 2.24) is 9.88 Å². The average Bonchev–Trinajstić information content (AvgIpc) is 2.85. The molecule has 0 saturated heterocycles. The Morgan fingerprint density at radius 2 is 1.70 bits per heavy atom. The molecule has 0 fully saturated rings. The van der Waals surface area contributed by atoms with E-state index in [-0.39, 0.29) is 34.7 Å². The predicted octanol–water partition coefficient (Wildman–Crippen LogP) is 3.53. The first-order valence-corrected chi connectivity index (χ1v) is 12.5. The molecule has 0 aliphatic rings. The minimum absolute atomic E-state index is 0.0841. The summed E-state index contributed by atoms with van der Waals surface area (Å²) in [5, 5.41) is 3.18. The molecule has 2 aromatic carbocycles. The molecule has 1 aromatic heterocycles. The Hall–Kier alpha value is -3.91. The Morgan fingerprint density at radius 1 is 1.00 bits per heavy atom. The van der Waals surface area contributed by atoms with Crippen molar-refractivity contribution in [2.24, 2.45) is 11.7 Å². The third kappa shape index (κ3) is 7.07. The van der Waals surface area contributed by atoms with Crippen molar-refractivity contribution in [3.63, 3.8) is 0 Å². The SMILES string of the molecule is Cc1ccc(C(=O)c2ccc(=O)n(-c3ccc(OCCCN[C@@H](CC(C)C)C(N)=O)cc3)c2N)cc1C. The number of nitrogens with zero attached hydrogens (tertiary/aromatic N) is 1. The Labute approximate surface area is 217 Å². The van der Waals surface area contributed by atoms with Crippen LogP contribution in [0.3, 0.4) is 0 Å². The third-order valence-corrected chi connectivity index (χ3v) is 6.27. The second kappa shape index (κ2) is 12.4. The lowest BCUT2D eigenvalue weighted by Gasteiger charge is -2.17. The highest BCUT2D eigenvalue weighted by Crippen LogP contribution is 2.22. The molecule has 8 heteroatoms. The van der Waals surface area contributed by atoms with E-state index in [1.165, 1.54) is 16.7 Å². The zero-order valence-electron chi connectivity index (χ0n) is 21.9. The number of nitrogens with one attached hydrogen (secondary N) is 1. The molecule has 5 N–H and O–H groups in total. The van der Waals surface area contributed by atoms with Gasteiger partial charge in [0.05, 0.1) is 23.9 Å². The molecule has 0 bridgehead atoms. The monoisotopic (exact) mass is 504 g/mol. The number of rotatable bonds is 12. The summed E-state index contributed by atoms with van der Waals surface area (Å²) in [5.41, 5.74) is 14.9. The Morgan fingerprint density at radius 3 is 2.32 bits per heavy atom. The summed E-state index contributed by atoms with van der Waals surface area (Å²) in [5.74, 6) is 0.494. The molecule has 37 heavy (non-hydrogen) atoms. The number of aromatic nitrogens is 1. The number of pyridine rings is 1. The molecule has 8 nitrogen and oxygen atoms in total. The van der Waals surface area contributed by atoms with Gasteiger partial charge in [-0.2, -0.15) is 0 Å². The summed E-state index contributed by atoms with van der Waals surface area (Å²) in [7, 11) is 0. The molecular weight excluding hydrogens is 468 g/mol. The van der Waals surface area contributed by atoms with E-state index in [0.29, 0.717) is 48.9 Å². The molecule has 0 radical (unpaired) electrons. The lowest BCUT2D eigenvalue weighted by atomic mass is 9.99. The van der Waals surface area contributed by atoms with E-state index in [0.717, 1.165) is 11.1 Å². The fraction of sp³-hybridized carbons (Fsp3) is 0.345. The number of anilines is 1. The number of nitrogens with two attached hydrogens (primary N) is 2. The number of aryl methyl sites for hydroxylation is 2. The summed E-state index contributed by atoms with van der Waals surface area (Å²) in [6.45, 7) is 9.07. The quantitative estimate of drug-likeness (QED) is 0.256. The van der Waals surface area contributed by atoms with Gasteiger partial charge >= 0.3 is 0 Å². The van der Waals surface area contributed by atoms with Gasteiger partial charge in [0, 0.05) is 11.6 Å². The molecule has 3 rings (SSSR count). The number of carbonyl (C=O) groups is 2. The molecule has 0 spiro atoms. The maximum Gasteiger partial charge on any atom is 0.256 e. The summed E-state index contributed by atoms with van der Waals surface area (Å²) in [6, 6.07) is 14.9.